The molecular weight excluding hydrogens is 276 g/mol. The van der Waals surface area contributed by atoms with Gasteiger partial charge in [0.25, 0.3) is 10.2 Å². The first kappa shape index (κ1) is 17.1. The number of benzene rings is 1. The summed E-state index contributed by atoms with van der Waals surface area (Å²) in [6, 6.07) is 9.47. The molecule has 5 nitrogen and oxygen atoms in total. The minimum atomic E-state index is -3.53. The van der Waals surface area contributed by atoms with Gasteiger partial charge in [-0.1, -0.05) is 43.7 Å². The molecule has 6 heteroatoms. The predicted octanol–water partition coefficient (Wildman–Crippen LogP) is 1.46. The Balaban J connectivity index is 2.77. The molecule has 1 rings (SSSR count). The smallest absolute Gasteiger partial charge is 0.282 e. The van der Waals surface area contributed by atoms with Crippen LogP contribution in [-0.4, -0.2) is 48.9 Å². The molecule has 0 aliphatic rings. The lowest BCUT2D eigenvalue weighted by Gasteiger charge is -2.27. The van der Waals surface area contributed by atoms with Crippen LogP contribution in [0.15, 0.2) is 30.3 Å². The summed E-state index contributed by atoms with van der Waals surface area (Å²) in [7, 11) is -1.96. The fraction of sp³-hybridized carbons (Fsp3) is 0.571. The molecule has 0 atom stereocenters. The number of hydrogen-bond acceptors (Lipinski definition) is 3. The summed E-state index contributed by atoms with van der Waals surface area (Å²) >= 11 is 0. The van der Waals surface area contributed by atoms with Crippen molar-refractivity contribution in [2.45, 2.75) is 26.3 Å². The van der Waals surface area contributed by atoms with E-state index in [0.29, 0.717) is 13.1 Å². The highest BCUT2D eigenvalue weighted by Gasteiger charge is 2.25. The monoisotopic (exact) mass is 300 g/mol. The van der Waals surface area contributed by atoms with Crippen LogP contribution >= 0.6 is 0 Å². The zero-order valence-electron chi connectivity index (χ0n) is 12.2. The highest BCUT2D eigenvalue weighted by atomic mass is 32.2. The molecule has 0 aromatic heterocycles. The van der Waals surface area contributed by atoms with E-state index in [1.165, 1.54) is 8.61 Å². The lowest BCUT2D eigenvalue weighted by molar-refractivity contribution is 0.244. The van der Waals surface area contributed by atoms with Gasteiger partial charge >= 0.3 is 0 Å². The molecule has 0 spiro atoms. The van der Waals surface area contributed by atoms with Gasteiger partial charge in [0.1, 0.15) is 0 Å². The van der Waals surface area contributed by atoms with Gasteiger partial charge in [0.15, 0.2) is 0 Å². The highest BCUT2D eigenvalue weighted by molar-refractivity contribution is 7.86. The summed E-state index contributed by atoms with van der Waals surface area (Å²) in [6.07, 6.45) is 1.71. The molecule has 0 aliphatic heterocycles. The third-order valence-electron chi connectivity index (χ3n) is 3.08. The second kappa shape index (κ2) is 8.36. The van der Waals surface area contributed by atoms with Gasteiger partial charge in [-0.3, -0.25) is 0 Å². The number of aliphatic hydroxyl groups is 1. The highest BCUT2D eigenvalue weighted by Crippen LogP contribution is 2.12. The van der Waals surface area contributed by atoms with Crippen LogP contribution in [0.2, 0.25) is 0 Å². The molecule has 0 saturated heterocycles. The van der Waals surface area contributed by atoms with Gasteiger partial charge in [-0.2, -0.15) is 17.0 Å². The minimum absolute atomic E-state index is 0.140. The molecule has 0 aliphatic carbocycles. The van der Waals surface area contributed by atoms with Crippen LogP contribution < -0.4 is 0 Å². The Morgan fingerprint density at radius 2 is 1.80 bits per heavy atom. The van der Waals surface area contributed by atoms with Crippen molar-refractivity contribution in [3.05, 3.63) is 35.9 Å². The minimum Gasteiger partial charge on any atom is -0.395 e. The lowest BCUT2D eigenvalue weighted by Crippen LogP contribution is -2.43. The Bertz CT molecular complexity index is 476. The van der Waals surface area contributed by atoms with Crippen molar-refractivity contribution in [2.75, 3.05) is 26.7 Å². The molecule has 114 valence electrons. The van der Waals surface area contributed by atoms with E-state index in [1.54, 1.807) is 7.05 Å². The van der Waals surface area contributed by atoms with E-state index in [4.69, 9.17) is 5.11 Å². The molecule has 0 fully saturated rings. The third kappa shape index (κ3) is 4.86. The summed E-state index contributed by atoms with van der Waals surface area (Å²) in [5.74, 6) is 0. The van der Waals surface area contributed by atoms with E-state index >= 15 is 0 Å². The molecule has 0 unspecified atom stereocenters. The largest absolute Gasteiger partial charge is 0.395 e. The second-order valence-electron chi connectivity index (χ2n) is 4.73. The van der Waals surface area contributed by atoms with E-state index in [0.717, 1.165) is 18.4 Å². The van der Waals surface area contributed by atoms with Crippen LogP contribution in [0.4, 0.5) is 0 Å². The maximum absolute atomic E-state index is 12.5. The van der Waals surface area contributed by atoms with Crippen molar-refractivity contribution < 1.29 is 13.5 Å². The van der Waals surface area contributed by atoms with Crippen molar-refractivity contribution in [2.24, 2.45) is 0 Å². The van der Waals surface area contributed by atoms with Crippen LogP contribution in [0.25, 0.3) is 0 Å². The van der Waals surface area contributed by atoms with Crippen molar-refractivity contribution in [1.82, 2.24) is 8.61 Å². The van der Waals surface area contributed by atoms with Gasteiger partial charge in [-0.25, -0.2) is 0 Å². The third-order valence-corrected chi connectivity index (χ3v) is 5.01. The summed E-state index contributed by atoms with van der Waals surface area (Å²) in [4.78, 5) is 0. The quantitative estimate of drug-likeness (QED) is 0.751. The fourth-order valence-electron chi connectivity index (χ4n) is 1.91. The van der Waals surface area contributed by atoms with Crippen molar-refractivity contribution in [3.63, 3.8) is 0 Å². The van der Waals surface area contributed by atoms with Crippen LogP contribution in [0.5, 0.6) is 0 Å². The molecule has 20 heavy (non-hydrogen) atoms. The summed E-state index contributed by atoms with van der Waals surface area (Å²) in [5, 5.41) is 9.05. The van der Waals surface area contributed by atoms with E-state index in [-0.39, 0.29) is 13.2 Å². The Hall–Kier alpha value is -0.950. The van der Waals surface area contributed by atoms with Crippen molar-refractivity contribution in [3.8, 4) is 0 Å². The Kier molecular flexibility index (Phi) is 7.15. The van der Waals surface area contributed by atoms with Gasteiger partial charge in [0.05, 0.1) is 6.61 Å². The zero-order valence-corrected chi connectivity index (χ0v) is 13.0. The number of aliphatic hydroxyl groups excluding tert-OH is 1. The van der Waals surface area contributed by atoms with Crippen LogP contribution in [0, 0.1) is 0 Å². The fourth-order valence-corrected chi connectivity index (χ4v) is 3.29. The molecule has 1 N–H and O–H groups in total. The van der Waals surface area contributed by atoms with Gasteiger partial charge in [-0.15, -0.1) is 0 Å². The van der Waals surface area contributed by atoms with Gasteiger partial charge in [0, 0.05) is 26.7 Å². The molecule has 0 bridgehead atoms. The molecule has 0 amide bonds. The van der Waals surface area contributed by atoms with E-state index < -0.39 is 10.2 Å². The molecule has 0 heterocycles. The van der Waals surface area contributed by atoms with E-state index in [2.05, 4.69) is 0 Å². The molecular formula is C14H24N2O3S. The first-order chi connectivity index (χ1) is 9.52. The normalized spacial score (nSPS) is 12.2. The number of nitrogens with zero attached hydrogens (tertiary/aromatic N) is 2. The lowest BCUT2D eigenvalue weighted by atomic mass is 10.2. The first-order valence-corrected chi connectivity index (χ1v) is 8.28. The molecule has 1 aromatic carbocycles. The molecule has 0 saturated carbocycles. The van der Waals surface area contributed by atoms with Crippen molar-refractivity contribution in [1.29, 1.82) is 0 Å². The van der Waals surface area contributed by atoms with Gasteiger partial charge in [-0.05, 0) is 12.0 Å². The Morgan fingerprint density at radius 3 is 2.35 bits per heavy atom. The number of hydrogen-bond donors (Lipinski definition) is 1. The Morgan fingerprint density at radius 1 is 1.15 bits per heavy atom. The molecule has 1 aromatic rings. The second-order valence-corrected chi connectivity index (χ2v) is 6.76. The Labute approximate surface area is 122 Å². The first-order valence-electron chi connectivity index (χ1n) is 6.88. The van der Waals surface area contributed by atoms with Crippen LogP contribution in [0.1, 0.15) is 25.3 Å². The van der Waals surface area contributed by atoms with Crippen LogP contribution in [-0.2, 0) is 16.8 Å². The topological polar surface area (TPSA) is 60.9 Å². The summed E-state index contributed by atoms with van der Waals surface area (Å²) in [5.41, 5.74) is 0.943. The zero-order chi connectivity index (χ0) is 15.0. The predicted molar refractivity (Wildman–Crippen MR) is 80.4 cm³/mol. The van der Waals surface area contributed by atoms with E-state index in [1.807, 2.05) is 37.3 Å². The standard InChI is InChI=1S/C14H24N2O3S/c1-3-4-10-16(11-12-17)20(18,19)15(2)13-14-8-6-5-7-9-14/h5-9,17H,3-4,10-13H2,1-2H3. The summed E-state index contributed by atoms with van der Waals surface area (Å²) in [6.45, 7) is 2.76. The average Bonchev–Trinajstić information content (AvgIpc) is 2.44. The molecule has 0 radical (unpaired) electrons. The van der Waals surface area contributed by atoms with Crippen LogP contribution in [0.3, 0.4) is 0 Å². The maximum atomic E-state index is 12.5. The number of unbranched alkanes of at least 4 members (excludes halogenated alkanes) is 1. The average molecular weight is 300 g/mol. The van der Waals surface area contributed by atoms with E-state index in [9.17, 15) is 8.42 Å². The van der Waals surface area contributed by atoms with Gasteiger partial charge < -0.3 is 5.11 Å². The summed E-state index contributed by atoms with van der Waals surface area (Å²) < 4.78 is 27.6. The van der Waals surface area contributed by atoms with Gasteiger partial charge in [0.2, 0.25) is 0 Å². The van der Waals surface area contributed by atoms with Crippen molar-refractivity contribution >= 4 is 10.2 Å². The SMILES string of the molecule is CCCCN(CCO)S(=O)(=O)N(C)Cc1ccccc1. The maximum Gasteiger partial charge on any atom is 0.282 e. The number of rotatable bonds is 9.